The molecule has 0 amide bonds. The van der Waals surface area contributed by atoms with Crippen LogP contribution in [0, 0.1) is 0 Å². The number of benzene rings is 1. The lowest BCUT2D eigenvalue weighted by Gasteiger charge is -2.34. The Kier molecular flexibility index (Phi) is 3.62. The van der Waals surface area contributed by atoms with Crippen molar-refractivity contribution in [2.45, 2.75) is 6.04 Å². The molecule has 2 heterocycles. The monoisotopic (exact) mass is 285 g/mol. The van der Waals surface area contributed by atoms with E-state index in [4.69, 9.17) is 5.73 Å². The third kappa shape index (κ3) is 2.15. The first-order chi connectivity index (χ1) is 9.85. The smallest absolute Gasteiger partial charge is 0.148 e. The van der Waals surface area contributed by atoms with Gasteiger partial charge in [0.05, 0.1) is 22.0 Å². The van der Waals surface area contributed by atoms with Crippen LogP contribution in [0.4, 0.5) is 11.4 Å². The molecule has 0 bridgehead atoms. The summed E-state index contributed by atoms with van der Waals surface area (Å²) in [5.74, 6) is 0. The second-order valence-electron chi connectivity index (χ2n) is 4.53. The van der Waals surface area contributed by atoms with Crippen LogP contribution in [0.15, 0.2) is 46.8 Å². The number of para-hydroxylation sites is 2. The molecular weight excluding hydrogens is 270 g/mol. The zero-order valence-electron chi connectivity index (χ0n) is 10.9. The summed E-state index contributed by atoms with van der Waals surface area (Å²) in [5.41, 5.74) is 8.37. The fourth-order valence-corrected chi connectivity index (χ4v) is 3.20. The molecule has 1 atom stereocenters. The van der Waals surface area contributed by atoms with Crippen LogP contribution in [0.1, 0.15) is 4.88 Å². The van der Waals surface area contributed by atoms with Gasteiger partial charge in [0, 0.05) is 13.1 Å². The molecule has 0 radical (unpaired) electrons. The van der Waals surface area contributed by atoms with Crippen molar-refractivity contribution in [3.63, 3.8) is 0 Å². The van der Waals surface area contributed by atoms with Crippen molar-refractivity contribution in [2.24, 2.45) is 10.7 Å². The summed E-state index contributed by atoms with van der Waals surface area (Å²) in [6, 6.07) is 11.5. The highest BCUT2D eigenvalue weighted by molar-refractivity contribution is 7.12. The number of aldehydes is 1. The number of anilines is 1. The Balaban J connectivity index is 2.14. The highest BCUT2D eigenvalue weighted by Crippen LogP contribution is 2.35. The van der Waals surface area contributed by atoms with Crippen molar-refractivity contribution in [1.82, 2.24) is 0 Å². The average molecular weight is 285 g/mol. The lowest BCUT2D eigenvalue weighted by atomic mass is 10.0. The first-order valence-corrected chi connectivity index (χ1v) is 7.36. The number of carbonyl (C=O) groups is 1. The van der Waals surface area contributed by atoms with Gasteiger partial charge >= 0.3 is 0 Å². The van der Waals surface area contributed by atoms with Gasteiger partial charge in [-0.25, -0.2) is 4.99 Å². The standard InChI is InChI=1S/C15H15N3OS/c16-7-8-18-12-5-2-1-4-11(12)17-15(13(18)10-19)14-6-3-9-20-14/h1-6,9-10,13H,7-8,16H2. The molecule has 20 heavy (non-hydrogen) atoms. The van der Waals surface area contributed by atoms with Gasteiger partial charge in [-0.15, -0.1) is 11.3 Å². The third-order valence-corrected chi connectivity index (χ3v) is 4.21. The fraction of sp³-hybridized carbons (Fsp3) is 0.200. The second kappa shape index (κ2) is 5.56. The molecule has 0 aliphatic carbocycles. The zero-order chi connectivity index (χ0) is 13.9. The van der Waals surface area contributed by atoms with Gasteiger partial charge in [0.15, 0.2) is 0 Å². The minimum atomic E-state index is -0.368. The van der Waals surface area contributed by atoms with E-state index in [1.54, 1.807) is 11.3 Å². The van der Waals surface area contributed by atoms with Gasteiger partial charge < -0.3 is 15.4 Å². The van der Waals surface area contributed by atoms with E-state index in [1.165, 1.54) is 0 Å². The van der Waals surface area contributed by atoms with Gasteiger partial charge in [-0.2, -0.15) is 0 Å². The summed E-state index contributed by atoms with van der Waals surface area (Å²) in [4.78, 5) is 19.3. The molecule has 2 aromatic rings. The SMILES string of the molecule is NCCN1c2ccccc2N=C(c2cccs2)C1C=O. The molecule has 0 spiro atoms. The van der Waals surface area contributed by atoms with Gasteiger partial charge in [0.1, 0.15) is 12.3 Å². The number of carbonyl (C=O) groups excluding carboxylic acids is 1. The third-order valence-electron chi connectivity index (χ3n) is 3.32. The van der Waals surface area contributed by atoms with Crippen molar-refractivity contribution in [2.75, 3.05) is 18.0 Å². The minimum Gasteiger partial charge on any atom is -0.353 e. The maximum atomic E-state index is 11.6. The summed E-state index contributed by atoms with van der Waals surface area (Å²) < 4.78 is 0. The van der Waals surface area contributed by atoms with Crippen LogP contribution in [-0.2, 0) is 4.79 Å². The molecule has 0 saturated carbocycles. The van der Waals surface area contributed by atoms with Crippen LogP contribution in [-0.4, -0.2) is 31.1 Å². The van der Waals surface area contributed by atoms with Crippen molar-refractivity contribution in [1.29, 1.82) is 0 Å². The molecule has 5 heteroatoms. The predicted molar refractivity (Wildman–Crippen MR) is 83.2 cm³/mol. The Labute approximate surface area is 121 Å². The first kappa shape index (κ1) is 13.0. The molecule has 1 aliphatic heterocycles. The van der Waals surface area contributed by atoms with Crippen LogP contribution in [0.5, 0.6) is 0 Å². The quantitative estimate of drug-likeness (QED) is 0.876. The molecule has 1 aromatic heterocycles. The fourth-order valence-electron chi connectivity index (χ4n) is 2.46. The van der Waals surface area contributed by atoms with Gasteiger partial charge in [0.25, 0.3) is 0 Å². The maximum absolute atomic E-state index is 11.6. The molecule has 102 valence electrons. The number of aliphatic imine (C=N–C) groups is 1. The van der Waals surface area contributed by atoms with Gasteiger partial charge in [-0.1, -0.05) is 18.2 Å². The van der Waals surface area contributed by atoms with E-state index in [-0.39, 0.29) is 6.04 Å². The van der Waals surface area contributed by atoms with Crippen LogP contribution in [0.3, 0.4) is 0 Å². The largest absolute Gasteiger partial charge is 0.353 e. The molecular formula is C15H15N3OS. The van der Waals surface area contributed by atoms with Crippen molar-refractivity contribution in [3.05, 3.63) is 46.7 Å². The van der Waals surface area contributed by atoms with E-state index >= 15 is 0 Å². The summed E-state index contributed by atoms with van der Waals surface area (Å²) >= 11 is 1.60. The summed E-state index contributed by atoms with van der Waals surface area (Å²) in [6.07, 6.45) is 0.949. The number of nitrogens with zero attached hydrogens (tertiary/aromatic N) is 2. The van der Waals surface area contributed by atoms with E-state index in [0.29, 0.717) is 13.1 Å². The number of hydrogen-bond acceptors (Lipinski definition) is 5. The Bertz CT molecular complexity index is 636. The van der Waals surface area contributed by atoms with E-state index in [0.717, 1.165) is 28.2 Å². The first-order valence-electron chi connectivity index (χ1n) is 6.48. The van der Waals surface area contributed by atoms with Crippen molar-refractivity contribution >= 4 is 34.7 Å². The molecule has 3 rings (SSSR count). The normalized spacial score (nSPS) is 17.6. The number of thiophene rings is 1. The van der Waals surface area contributed by atoms with Gasteiger partial charge in [-0.3, -0.25) is 0 Å². The number of hydrogen-bond donors (Lipinski definition) is 1. The minimum absolute atomic E-state index is 0.368. The molecule has 1 aliphatic rings. The van der Waals surface area contributed by atoms with E-state index < -0.39 is 0 Å². The van der Waals surface area contributed by atoms with E-state index in [9.17, 15) is 4.79 Å². The van der Waals surface area contributed by atoms with Gasteiger partial charge in [-0.05, 0) is 23.6 Å². The van der Waals surface area contributed by atoms with E-state index in [1.807, 2.05) is 46.7 Å². The highest BCUT2D eigenvalue weighted by atomic mass is 32.1. The zero-order valence-corrected chi connectivity index (χ0v) is 11.7. The average Bonchev–Trinajstić information content (AvgIpc) is 3.01. The van der Waals surface area contributed by atoms with Crippen molar-refractivity contribution in [3.8, 4) is 0 Å². The van der Waals surface area contributed by atoms with Crippen LogP contribution in [0.2, 0.25) is 0 Å². The lowest BCUT2D eigenvalue weighted by Crippen LogP contribution is -2.46. The molecule has 0 saturated heterocycles. The van der Waals surface area contributed by atoms with Crippen LogP contribution >= 0.6 is 11.3 Å². The highest BCUT2D eigenvalue weighted by Gasteiger charge is 2.30. The molecule has 2 N–H and O–H groups in total. The summed E-state index contributed by atoms with van der Waals surface area (Å²) in [7, 11) is 0. The molecule has 4 nitrogen and oxygen atoms in total. The number of nitrogens with two attached hydrogens (primary N) is 1. The Morgan fingerprint density at radius 1 is 1.30 bits per heavy atom. The molecule has 1 aromatic carbocycles. The Morgan fingerprint density at radius 3 is 2.85 bits per heavy atom. The second-order valence-corrected chi connectivity index (χ2v) is 5.47. The summed E-state index contributed by atoms with van der Waals surface area (Å²) in [5, 5.41) is 1.99. The number of rotatable bonds is 4. The van der Waals surface area contributed by atoms with Crippen molar-refractivity contribution < 1.29 is 4.79 Å². The predicted octanol–water partition coefficient (Wildman–Crippen LogP) is 2.22. The topological polar surface area (TPSA) is 58.7 Å². The summed E-state index contributed by atoms with van der Waals surface area (Å²) in [6.45, 7) is 1.13. The molecule has 1 unspecified atom stereocenters. The Hall–Kier alpha value is -1.98. The van der Waals surface area contributed by atoms with Gasteiger partial charge in [0.2, 0.25) is 0 Å². The van der Waals surface area contributed by atoms with Crippen LogP contribution < -0.4 is 10.6 Å². The Morgan fingerprint density at radius 2 is 2.15 bits per heavy atom. The van der Waals surface area contributed by atoms with Crippen LogP contribution in [0.25, 0.3) is 0 Å². The van der Waals surface area contributed by atoms with E-state index in [2.05, 4.69) is 4.99 Å². The number of fused-ring (bicyclic) bond motifs is 1. The molecule has 0 fully saturated rings. The lowest BCUT2D eigenvalue weighted by molar-refractivity contribution is -0.107. The maximum Gasteiger partial charge on any atom is 0.148 e.